The lowest BCUT2D eigenvalue weighted by Crippen LogP contribution is -2.50. The van der Waals surface area contributed by atoms with Gasteiger partial charge in [-0.2, -0.15) is 13.5 Å². The minimum atomic E-state index is -2.37. The summed E-state index contributed by atoms with van der Waals surface area (Å²) in [4.78, 5) is 27.5. The predicted octanol–water partition coefficient (Wildman–Crippen LogP) is 2.58. The van der Waals surface area contributed by atoms with Crippen molar-refractivity contribution in [2.24, 2.45) is 0 Å². The van der Waals surface area contributed by atoms with Crippen molar-refractivity contribution >= 4 is 56.0 Å². The highest BCUT2D eigenvalue weighted by atomic mass is 35.5. The van der Waals surface area contributed by atoms with Gasteiger partial charge in [-0.25, -0.2) is 0 Å². The van der Waals surface area contributed by atoms with Crippen LogP contribution in [-0.2, 0) is 10.3 Å². The number of rotatable bonds is 5. The number of nitrogens with zero attached hydrogens (tertiary/aromatic N) is 2. The minimum absolute atomic E-state index is 0.0348. The molecule has 1 aliphatic rings. The number of amides is 2. The smallest absolute Gasteiger partial charge is 0.271 e. The fourth-order valence-corrected chi connectivity index (χ4v) is 4.79. The van der Waals surface area contributed by atoms with E-state index in [4.69, 9.17) is 23.2 Å². The molecule has 1 saturated heterocycles. The highest BCUT2D eigenvalue weighted by molar-refractivity contribution is 7.72. The van der Waals surface area contributed by atoms with Crippen LogP contribution in [0.25, 0.3) is 0 Å². The zero-order chi connectivity index (χ0) is 22.7. The number of likely N-dealkylation sites (tertiary alicyclic amines) is 1. The topological polar surface area (TPSA) is 124 Å². The Labute approximate surface area is 190 Å². The molecule has 0 saturated carbocycles. The molecule has 31 heavy (non-hydrogen) atoms. The summed E-state index contributed by atoms with van der Waals surface area (Å²) in [6, 6.07) is 4.34. The van der Waals surface area contributed by atoms with Crippen molar-refractivity contribution in [2.45, 2.75) is 38.8 Å². The van der Waals surface area contributed by atoms with E-state index in [1.807, 2.05) is 13.8 Å². The molecule has 2 amide bonds. The average molecular weight is 486 g/mol. The van der Waals surface area contributed by atoms with Crippen LogP contribution in [0.5, 0.6) is 0 Å². The Hall–Kier alpha value is -2.40. The van der Waals surface area contributed by atoms with Crippen LogP contribution in [0.3, 0.4) is 0 Å². The van der Waals surface area contributed by atoms with E-state index in [-0.39, 0.29) is 50.5 Å². The summed E-state index contributed by atoms with van der Waals surface area (Å²) in [5.41, 5.74) is 0.263. The standard InChI is InChI=1S/C19H21Cl2N5O4S/c1-10(2)26-7-6-11(8-15(26)31(29)30)23-19(28)17-14(9-22-25-17)24-18(27)16-12(20)4-3-5-13(16)21/h3-5,9-11H,6-8H2,1-2H3,(H,22,25)(H,23,28)(H,24,27). The van der Waals surface area contributed by atoms with Crippen molar-refractivity contribution in [3.8, 4) is 0 Å². The van der Waals surface area contributed by atoms with E-state index in [1.165, 1.54) is 18.3 Å². The molecule has 0 aliphatic carbocycles. The number of carbonyl (C=O) groups is 2. The Kier molecular flexibility index (Phi) is 7.37. The van der Waals surface area contributed by atoms with Gasteiger partial charge in [0.25, 0.3) is 11.8 Å². The van der Waals surface area contributed by atoms with E-state index in [0.29, 0.717) is 13.0 Å². The first kappa shape index (κ1) is 23.3. The minimum Gasteiger partial charge on any atom is -0.347 e. The van der Waals surface area contributed by atoms with E-state index < -0.39 is 22.1 Å². The van der Waals surface area contributed by atoms with Crippen molar-refractivity contribution in [1.29, 1.82) is 0 Å². The Bertz CT molecular complexity index is 1120. The second kappa shape index (κ2) is 9.82. The van der Waals surface area contributed by atoms with Crippen molar-refractivity contribution in [3.63, 3.8) is 0 Å². The number of hydrogen-bond donors (Lipinski definition) is 3. The summed E-state index contributed by atoms with van der Waals surface area (Å²) in [5.74, 6) is -1.11. The number of halogens is 2. The van der Waals surface area contributed by atoms with Crippen molar-refractivity contribution in [1.82, 2.24) is 20.4 Å². The Morgan fingerprint density at radius 3 is 2.52 bits per heavy atom. The van der Waals surface area contributed by atoms with Gasteiger partial charge in [0, 0.05) is 25.0 Å². The molecule has 1 atom stereocenters. The van der Waals surface area contributed by atoms with Crippen molar-refractivity contribution < 1.29 is 18.0 Å². The van der Waals surface area contributed by atoms with Crippen LogP contribution < -0.4 is 10.6 Å². The van der Waals surface area contributed by atoms with Crippen molar-refractivity contribution in [2.75, 3.05) is 11.9 Å². The third kappa shape index (κ3) is 5.27. The summed E-state index contributed by atoms with van der Waals surface area (Å²) >= 11 is 12.1. The lowest BCUT2D eigenvalue weighted by Gasteiger charge is -2.34. The van der Waals surface area contributed by atoms with Crippen LogP contribution in [0.2, 0.25) is 10.0 Å². The number of anilines is 1. The first-order valence-corrected chi connectivity index (χ1v) is 11.3. The molecule has 3 N–H and O–H groups in total. The molecular weight excluding hydrogens is 465 g/mol. The SMILES string of the molecule is CC(C)N1CCC(NC(=O)c2[nH]ncc2NC(=O)c2c(Cl)cccc2Cl)CC1=S(=O)=O. The average Bonchev–Trinajstić information content (AvgIpc) is 3.15. The zero-order valence-electron chi connectivity index (χ0n) is 16.8. The van der Waals surface area contributed by atoms with E-state index in [2.05, 4.69) is 20.8 Å². The van der Waals surface area contributed by atoms with E-state index >= 15 is 0 Å². The first-order valence-electron chi connectivity index (χ1n) is 9.50. The normalized spacial score (nSPS) is 16.9. The van der Waals surface area contributed by atoms with Gasteiger partial charge in [-0.1, -0.05) is 29.3 Å². The molecule has 1 aliphatic heterocycles. The second-order valence-corrected chi connectivity index (χ2v) is 9.04. The largest absolute Gasteiger partial charge is 0.347 e. The third-order valence-electron chi connectivity index (χ3n) is 4.92. The molecular formula is C19H21Cl2N5O4S. The van der Waals surface area contributed by atoms with Gasteiger partial charge in [-0.05, 0) is 32.4 Å². The van der Waals surface area contributed by atoms with Gasteiger partial charge in [0.2, 0.25) is 10.3 Å². The molecule has 1 fully saturated rings. The van der Waals surface area contributed by atoms with Crippen LogP contribution in [-0.4, -0.2) is 58.9 Å². The molecule has 3 rings (SSSR count). The molecule has 0 spiro atoms. The number of aromatic nitrogens is 2. The second-order valence-electron chi connectivity index (χ2n) is 7.29. The fourth-order valence-electron chi connectivity index (χ4n) is 3.39. The van der Waals surface area contributed by atoms with Gasteiger partial charge in [0.05, 0.1) is 27.5 Å². The van der Waals surface area contributed by atoms with Crippen LogP contribution >= 0.6 is 23.2 Å². The molecule has 0 bridgehead atoms. The summed E-state index contributed by atoms with van der Waals surface area (Å²) in [6.07, 6.45) is 2.06. The number of nitrogens with one attached hydrogen (secondary N) is 3. The van der Waals surface area contributed by atoms with E-state index in [9.17, 15) is 18.0 Å². The number of H-pyrrole nitrogens is 1. The first-order chi connectivity index (χ1) is 14.7. The molecule has 2 aromatic rings. The van der Waals surface area contributed by atoms with Gasteiger partial charge in [-0.3, -0.25) is 19.6 Å². The predicted molar refractivity (Wildman–Crippen MR) is 119 cm³/mol. The van der Waals surface area contributed by atoms with Gasteiger partial charge in [0.15, 0.2) is 0 Å². The molecule has 1 aromatic carbocycles. The van der Waals surface area contributed by atoms with E-state index in [0.717, 1.165) is 0 Å². The van der Waals surface area contributed by atoms with Gasteiger partial charge >= 0.3 is 0 Å². The molecule has 0 radical (unpaired) electrons. The monoisotopic (exact) mass is 485 g/mol. The molecule has 1 unspecified atom stereocenters. The zero-order valence-corrected chi connectivity index (χ0v) is 19.1. The third-order valence-corrected chi connectivity index (χ3v) is 6.33. The van der Waals surface area contributed by atoms with Crippen molar-refractivity contribution in [3.05, 3.63) is 45.7 Å². The summed E-state index contributed by atoms with van der Waals surface area (Å²) in [7, 11) is -2.37. The maximum absolute atomic E-state index is 12.8. The summed E-state index contributed by atoms with van der Waals surface area (Å²) in [6.45, 7) is 4.33. The van der Waals surface area contributed by atoms with Gasteiger partial charge in [-0.15, -0.1) is 0 Å². The van der Waals surface area contributed by atoms with Crippen LogP contribution in [0, 0.1) is 0 Å². The van der Waals surface area contributed by atoms with Crippen LogP contribution in [0.1, 0.15) is 47.5 Å². The highest BCUT2D eigenvalue weighted by Gasteiger charge is 2.30. The molecule has 1 aromatic heterocycles. The molecule has 2 heterocycles. The molecule has 9 nitrogen and oxygen atoms in total. The Morgan fingerprint density at radius 2 is 1.90 bits per heavy atom. The molecule has 166 valence electrons. The summed E-state index contributed by atoms with van der Waals surface area (Å²) in [5, 5.41) is 12.1. The number of piperidine rings is 1. The number of hydrogen-bond acceptors (Lipinski definition) is 5. The van der Waals surface area contributed by atoms with Gasteiger partial charge in [0.1, 0.15) is 10.7 Å². The van der Waals surface area contributed by atoms with Crippen LogP contribution in [0.4, 0.5) is 5.69 Å². The lowest BCUT2D eigenvalue weighted by atomic mass is 10.0. The number of carbonyl (C=O) groups excluding carboxylic acids is 2. The van der Waals surface area contributed by atoms with E-state index in [1.54, 1.807) is 11.0 Å². The number of benzene rings is 1. The fraction of sp³-hybridized carbons (Fsp3) is 0.368. The maximum Gasteiger partial charge on any atom is 0.271 e. The number of aromatic amines is 1. The van der Waals surface area contributed by atoms with Crippen LogP contribution in [0.15, 0.2) is 24.4 Å². The lowest BCUT2D eigenvalue weighted by molar-refractivity contribution is 0.0926. The highest BCUT2D eigenvalue weighted by Crippen LogP contribution is 2.26. The quantitative estimate of drug-likeness (QED) is 0.559. The molecule has 12 heteroatoms. The Morgan fingerprint density at radius 1 is 1.23 bits per heavy atom. The Balaban J connectivity index is 1.73. The summed E-state index contributed by atoms with van der Waals surface area (Å²) < 4.78 is 23.2. The maximum atomic E-state index is 12.8. The van der Waals surface area contributed by atoms with Gasteiger partial charge < -0.3 is 10.6 Å².